The fourth-order valence-corrected chi connectivity index (χ4v) is 3.33. The van der Waals surface area contributed by atoms with Crippen molar-refractivity contribution in [3.63, 3.8) is 0 Å². The highest BCUT2D eigenvalue weighted by Gasteiger charge is 2.39. The number of amides is 2. The van der Waals surface area contributed by atoms with Gasteiger partial charge in [-0.25, -0.2) is 5.43 Å². The Balaban J connectivity index is 1.74. The normalized spacial score (nSPS) is 25.2. The summed E-state index contributed by atoms with van der Waals surface area (Å²) >= 11 is 6.10. The van der Waals surface area contributed by atoms with Gasteiger partial charge in [0, 0.05) is 25.7 Å². The standard InChI is InChI=1S/C15H16ClF3N4O3/c16-13-10(7-20-21-14(13)25)22-5-6-23(12(24)8-22)9-3-1-2-4-11(9)26-15(17,18)19/h1-4,10,13,20H,5-8H2,(H,21,25). The van der Waals surface area contributed by atoms with E-state index in [9.17, 15) is 22.8 Å². The van der Waals surface area contributed by atoms with E-state index < -0.39 is 29.4 Å². The lowest BCUT2D eigenvalue weighted by molar-refractivity contribution is -0.274. The monoisotopic (exact) mass is 392 g/mol. The minimum atomic E-state index is -4.85. The summed E-state index contributed by atoms with van der Waals surface area (Å²) < 4.78 is 41.7. The van der Waals surface area contributed by atoms with Crippen molar-refractivity contribution in [1.29, 1.82) is 0 Å². The van der Waals surface area contributed by atoms with Gasteiger partial charge in [0.05, 0.1) is 12.2 Å². The van der Waals surface area contributed by atoms with E-state index in [1.54, 1.807) is 4.90 Å². The Hall–Kier alpha value is -2.04. The number of piperazine rings is 1. The van der Waals surface area contributed by atoms with E-state index >= 15 is 0 Å². The molecule has 1 aromatic carbocycles. The molecule has 0 radical (unpaired) electrons. The molecule has 2 fully saturated rings. The molecule has 0 aromatic heterocycles. The Labute approximate surface area is 152 Å². The first-order valence-corrected chi connectivity index (χ1v) is 8.26. The fraction of sp³-hybridized carbons (Fsp3) is 0.467. The number of benzene rings is 1. The summed E-state index contributed by atoms with van der Waals surface area (Å²) in [7, 11) is 0. The summed E-state index contributed by atoms with van der Waals surface area (Å²) in [6.07, 6.45) is -4.85. The molecule has 2 unspecified atom stereocenters. The van der Waals surface area contributed by atoms with Crippen molar-refractivity contribution in [2.45, 2.75) is 17.8 Å². The number of nitrogens with one attached hydrogen (secondary N) is 2. The van der Waals surface area contributed by atoms with Crippen molar-refractivity contribution >= 4 is 29.1 Å². The molecule has 7 nitrogen and oxygen atoms in total. The van der Waals surface area contributed by atoms with Gasteiger partial charge in [0.15, 0.2) is 5.75 Å². The van der Waals surface area contributed by atoms with Gasteiger partial charge in [-0.1, -0.05) is 12.1 Å². The van der Waals surface area contributed by atoms with Crippen LogP contribution in [0.5, 0.6) is 5.75 Å². The van der Waals surface area contributed by atoms with Gasteiger partial charge in [0.25, 0.3) is 5.91 Å². The molecule has 11 heteroatoms. The van der Waals surface area contributed by atoms with Gasteiger partial charge in [-0.2, -0.15) is 0 Å². The molecule has 2 aliphatic heterocycles. The first-order chi connectivity index (χ1) is 12.3. The predicted octanol–water partition coefficient (Wildman–Crippen LogP) is 0.844. The van der Waals surface area contributed by atoms with E-state index in [1.807, 2.05) is 0 Å². The fourth-order valence-electron chi connectivity index (χ4n) is 3.02. The zero-order chi connectivity index (χ0) is 18.9. The number of alkyl halides is 4. The molecule has 2 heterocycles. The molecule has 0 bridgehead atoms. The van der Waals surface area contributed by atoms with Gasteiger partial charge < -0.3 is 9.64 Å². The molecule has 2 amide bonds. The zero-order valence-electron chi connectivity index (χ0n) is 13.4. The highest BCUT2D eigenvalue weighted by atomic mass is 35.5. The SMILES string of the molecule is O=C1NNCC(N2CCN(c3ccccc3OC(F)(F)F)C(=O)C2)C1Cl. The van der Waals surface area contributed by atoms with Crippen molar-refractivity contribution in [2.75, 3.05) is 31.1 Å². The summed E-state index contributed by atoms with van der Waals surface area (Å²) in [5.74, 6) is -1.22. The maximum Gasteiger partial charge on any atom is 0.573 e. The molecule has 2 aliphatic rings. The summed E-state index contributed by atoms with van der Waals surface area (Å²) in [5, 5.41) is -0.823. The number of ether oxygens (including phenoxy) is 1. The number of hydrogen-bond acceptors (Lipinski definition) is 5. The number of hydrogen-bond donors (Lipinski definition) is 2. The maximum absolute atomic E-state index is 12.6. The molecule has 0 saturated carbocycles. The molecule has 1 aromatic rings. The van der Waals surface area contributed by atoms with Crippen LogP contribution in [-0.4, -0.2) is 60.7 Å². The second-order valence-corrected chi connectivity index (χ2v) is 6.34. The van der Waals surface area contributed by atoms with Gasteiger partial charge in [0.1, 0.15) is 5.38 Å². The molecular formula is C15H16ClF3N4O3. The first-order valence-electron chi connectivity index (χ1n) is 7.82. The minimum absolute atomic E-state index is 0.0522. The number of carbonyl (C=O) groups excluding carboxylic acids is 2. The quantitative estimate of drug-likeness (QED) is 0.746. The number of carbonyl (C=O) groups is 2. The summed E-state index contributed by atoms with van der Waals surface area (Å²) in [5.41, 5.74) is 5.17. The smallest absolute Gasteiger partial charge is 0.404 e. The lowest BCUT2D eigenvalue weighted by Crippen LogP contribution is -2.65. The topological polar surface area (TPSA) is 73.9 Å². The van der Waals surface area contributed by atoms with Crippen LogP contribution in [0.3, 0.4) is 0 Å². The van der Waals surface area contributed by atoms with Crippen LogP contribution in [-0.2, 0) is 9.59 Å². The van der Waals surface area contributed by atoms with Gasteiger partial charge in [-0.15, -0.1) is 24.8 Å². The Kier molecular flexibility index (Phi) is 5.26. The molecule has 3 rings (SSSR count). The molecule has 0 aliphatic carbocycles. The van der Waals surface area contributed by atoms with Crippen molar-refractivity contribution in [3.8, 4) is 5.75 Å². The van der Waals surface area contributed by atoms with Crippen LogP contribution in [0, 0.1) is 0 Å². The molecule has 0 spiro atoms. The third-order valence-corrected chi connectivity index (χ3v) is 4.70. The van der Waals surface area contributed by atoms with E-state index in [2.05, 4.69) is 15.6 Å². The van der Waals surface area contributed by atoms with Crippen LogP contribution >= 0.6 is 11.6 Å². The first kappa shape index (κ1) is 18.7. The Morgan fingerprint density at radius 1 is 1.19 bits per heavy atom. The third-order valence-electron chi connectivity index (χ3n) is 4.21. The number of halogens is 4. The highest BCUT2D eigenvalue weighted by Crippen LogP contribution is 2.33. The predicted molar refractivity (Wildman–Crippen MR) is 86.6 cm³/mol. The number of anilines is 1. The number of hydrazine groups is 1. The Morgan fingerprint density at radius 3 is 2.62 bits per heavy atom. The van der Waals surface area contributed by atoms with Crippen LogP contribution in [0.2, 0.25) is 0 Å². The Bertz CT molecular complexity index is 703. The van der Waals surface area contributed by atoms with Gasteiger partial charge >= 0.3 is 6.36 Å². The molecule has 2 saturated heterocycles. The van der Waals surface area contributed by atoms with Gasteiger partial charge in [-0.05, 0) is 12.1 Å². The number of rotatable bonds is 3. The molecule has 142 valence electrons. The number of para-hydroxylation sites is 2. The van der Waals surface area contributed by atoms with E-state index in [0.717, 1.165) is 6.07 Å². The van der Waals surface area contributed by atoms with E-state index in [0.29, 0.717) is 13.1 Å². The Morgan fingerprint density at radius 2 is 1.92 bits per heavy atom. The zero-order valence-corrected chi connectivity index (χ0v) is 14.2. The third kappa shape index (κ3) is 4.02. The van der Waals surface area contributed by atoms with Crippen LogP contribution in [0.25, 0.3) is 0 Å². The van der Waals surface area contributed by atoms with Crippen molar-refractivity contribution in [1.82, 2.24) is 15.8 Å². The van der Waals surface area contributed by atoms with Crippen LogP contribution in [0.15, 0.2) is 24.3 Å². The van der Waals surface area contributed by atoms with Gasteiger partial charge in [-0.3, -0.25) is 19.9 Å². The van der Waals surface area contributed by atoms with E-state index in [4.69, 9.17) is 11.6 Å². The highest BCUT2D eigenvalue weighted by molar-refractivity contribution is 6.31. The van der Waals surface area contributed by atoms with Crippen molar-refractivity contribution in [2.24, 2.45) is 0 Å². The van der Waals surface area contributed by atoms with Crippen LogP contribution < -0.4 is 20.5 Å². The number of nitrogens with zero attached hydrogens (tertiary/aromatic N) is 2. The van der Waals surface area contributed by atoms with Crippen molar-refractivity contribution < 1.29 is 27.5 Å². The maximum atomic E-state index is 12.6. The molecule has 2 N–H and O–H groups in total. The minimum Gasteiger partial charge on any atom is -0.404 e. The van der Waals surface area contributed by atoms with E-state index in [-0.39, 0.29) is 24.7 Å². The van der Waals surface area contributed by atoms with Crippen LogP contribution in [0.4, 0.5) is 18.9 Å². The molecule has 2 atom stereocenters. The van der Waals surface area contributed by atoms with E-state index in [1.165, 1.54) is 23.1 Å². The van der Waals surface area contributed by atoms with Crippen molar-refractivity contribution in [3.05, 3.63) is 24.3 Å². The van der Waals surface area contributed by atoms with Crippen LogP contribution in [0.1, 0.15) is 0 Å². The summed E-state index contributed by atoms with van der Waals surface area (Å²) in [6, 6.07) is 5.09. The lowest BCUT2D eigenvalue weighted by Gasteiger charge is -2.41. The van der Waals surface area contributed by atoms with Gasteiger partial charge in [0.2, 0.25) is 5.91 Å². The summed E-state index contributed by atoms with van der Waals surface area (Å²) in [4.78, 5) is 27.2. The lowest BCUT2D eigenvalue weighted by atomic mass is 10.1. The molecular weight excluding hydrogens is 377 g/mol. The average molecular weight is 393 g/mol. The average Bonchev–Trinajstić information content (AvgIpc) is 2.57. The largest absolute Gasteiger partial charge is 0.573 e. The second-order valence-electron chi connectivity index (χ2n) is 5.87. The molecule has 26 heavy (non-hydrogen) atoms. The second kappa shape index (κ2) is 7.29. The summed E-state index contributed by atoms with van der Waals surface area (Å²) in [6.45, 7) is 0.803.